The summed E-state index contributed by atoms with van der Waals surface area (Å²) in [5.74, 6) is 0.658. The molecule has 0 spiro atoms. The Morgan fingerprint density at radius 3 is 2.73 bits per heavy atom. The van der Waals surface area contributed by atoms with Crippen LogP contribution in [0.5, 0.6) is 5.75 Å². The summed E-state index contributed by atoms with van der Waals surface area (Å²) in [5, 5.41) is 5.58. The molecule has 3 aromatic rings. The van der Waals surface area contributed by atoms with Crippen molar-refractivity contribution in [3.63, 3.8) is 0 Å². The van der Waals surface area contributed by atoms with Gasteiger partial charge in [-0.3, -0.25) is 4.79 Å². The summed E-state index contributed by atoms with van der Waals surface area (Å²) >= 11 is 1.78. The lowest BCUT2D eigenvalue weighted by atomic mass is 10.1. The van der Waals surface area contributed by atoms with E-state index in [0.717, 1.165) is 21.9 Å². The van der Waals surface area contributed by atoms with Crippen LogP contribution in [0.15, 0.2) is 40.8 Å². The number of anilines is 1. The van der Waals surface area contributed by atoms with Crippen molar-refractivity contribution in [2.75, 3.05) is 12.4 Å². The van der Waals surface area contributed by atoms with Crippen LogP contribution in [-0.4, -0.2) is 23.5 Å². The van der Waals surface area contributed by atoms with Gasteiger partial charge in [-0.1, -0.05) is 31.0 Å². The highest BCUT2D eigenvalue weighted by Crippen LogP contribution is 2.37. The van der Waals surface area contributed by atoms with Crippen LogP contribution in [0.1, 0.15) is 32.6 Å². The largest absolute Gasteiger partial charge is 0.495 e. The first kappa shape index (κ1) is 17.3. The zero-order valence-electron chi connectivity index (χ0n) is 15.1. The molecule has 2 aromatic carbocycles. The van der Waals surface area contributed by atoms with Crippen LogP contribution in [0, 0.1) is 0 Å². The molecule has 1 aliphatic rings. The topological polar surface area (TPSA) is 51.5 Å². The fourth-order valence-electron chi connectivity index (χ4n) is 3.63. The molecule has 136 valence electrons. The summed E-state index contributed by atoms with van der Waals surface area (Å²) in [6.07, 6.45) is 5.00. The SMILES string of the molecule is COc1cc2c(cc1NC(=O)[C@H](C)SC1CCCC1)oc1ccccc12. The van der Waals surface area contributed by atoms with Gasteiger partial charge in [0, 0.05) is 22.1 Å². The van der Waals surface area contributed by atoms with Crippen molar-refractivity contribution in [2.45, 2.75) is 43.1 Å². The first-order valence-corrected chi connectivity index (χ1v) is 10.1. The van der Waals surface area contributed by atoms with Gasteiger partial charge in [-0.25, -0.2) is 0 Å². The van der Waals surface area contributed by atoms with Crippen LogP contribution in [0.4, 0.5) is 5.69 Å². The summed E-state index contributed by atoms with van der Waals surface area (Å²) in [7, 11) is 1.62. The predicted octanol–water partition coefficient (Wildman–Crippen LogP) is 5.60. The minimum absolute atomic E-state index is 0.00987. The average molecular weight is 369 g/mol. The Bertz CT molecular complexity index is 943. The van der Waals surface area contributed by atoms with Gasteiger partial charge in [-0.15, -0.1) is 11.8 Å². The minimum Gasteiger partial charge on any atom is -0.495 e. The van der Waals surface area contributed by atoms with E-state index in [1.165, 1.54) is 25.7 Å². The maximum Gasteiger partial charge on any atom is 0.237 e. The molecule has 4 nitrogen and oxygen atoms in total. The molecule has 0 unspecified atom stereocenters. The van der Waals surface area contributed by atoms with Crippen molar-refractivity contribution in [1.82, 2.24) is 0 Å². The lowest BCUT2D eigenvalue weighted by Crippen LogP contribution is -2.24. The molecular weight excluding hydrogens is 346 g/mol. The molecule has 0 bridgehead atoms. The van der Waals surface area contributed by atoms with Crippen LogP contribution in [0.25, 0.3) is 21.9 Å². The lowest BCUT2D eigenvalue weighted by Gasteiger charge is -2.17. The molecule has 1 saturated carbocycles. The summed E-state index contributed by atoms with van der Waals surface area (Å²) in [5.41, 5.74) is 2.24. The summed E-state index contributed by atoms with van der Waals surface area (Å²) < 4.78 is 11.5. The number of thioether (sulfide) groups is 1. The third-order valence-corrected chi connectivity index (χ3v) is 6.50. The first-order valence-electron chi connectivity index (χ1n) is 9.11. The Labute approximate surface area is 157 Å². The highest BCUT2D eigenvalue weighted by Gasteiger charge is 2.23. The second-order valence-corrected chi connectivity index (χ2v) is 8.47. The van der Waals surface area contributed by atoms with E-state index in [1.54, 1.807) is 18.9 Å². The number of para-hydroxylation sites is 1. The number of carbonyl (C=O) groups excluding carboxylic acids is 1. The van der Waals surface area contributed by atoms with Gasteiger partial charge in [0.1, 0.15) is 16.9 Å². The maximum atomic E-state index is 12.7. The first-order chi connectivity index (χ1) is 12.7. The number of ether oxygens (including phenoxy) is 1. The Kier molecular flexibility index (Phi) is 4.81. The standard InChI is InChI=1S/C21H23NO3S/c1-13(26-14-7-3-4-8-14)21(23)22-17-12-19-16(11-20(17)24-2)15-9-5-6-10-18(15)25-19/h5-6,9-14H,3-4,7-8H2,1-2H3,(H,22,23)/t13-/m0/s1. The Balaban J connectivity index is 1.60. The second-order valence-electron chi connectivity index (χ2n) is 6.82. The minimum atomic E-state index is -0.0887. The van der Waals surface area contributed by atoms with Crippen molar-refractivity contribution in [2.24, 2.45) is 0 Å². The molecule has 4 rings (SSSR count). The van der Waals surface area contributed by atoms with Crippen molar-refractivity contribution < 1.29 is 13.9 Å². The van der Waals surface area contributed by atoms with E-state index in [2.05, 4.69) is 5.32 Å². The van der Waals surface area contributed by atoms with Crippen LogP contribution in [0.3, 0.4) is 0 Å². The molecule has 1 fully saturated rings. The van der Waals surface area contributed by atoms with Crippen LogP contribution < -0.4 is 10.1 Å². The zero-order valence-corrected chi connectivity index (χ0v) is 15.9. The number of hydrogen-bond acceptors (Lipinski definition) is 4. The molecule has 1 aliphatic carbocycles. The van der Waals surface area contributed by atoms with Crippen LogP contribution in [0.2, 0.25) is 0 Å². The second kappa shape index (κ2) is 7.23. The number of furan rings is 1. The van der Waals surface area contributed by atoms with Crippen LogP contribution in [-0.2, 0) is 4.79 Å². The zero-order chi connectivity index (χ0) is 18.1. The molecule has 5 heteroatoms. The van der Waals surface area contributed by atoms with E-state index >= 15 is 0 Å². The van der Waals surface area contributed by atoms with Crippen molar-refractivity contribution >= 4 is 45.3 Å². The van der Waals surface area contributed by atoms with Gasteiger partial charge < -0.3 is 14.5 Å². The number of fused-ring (bicyclic) bond motifs is 3. The van der Waals surface area contributed by atoms with Gasteiger partial charge in [0.2, 0.25) is 5.91 Å². The van der Waals surface area contributed by atoms with E-state index in [1.807, 2.05) is 43.3 Å². The molecule has 1 aromatic heterocycles. The molecule has 1 N–H and O–H groups in total. The molecule has 0 radical (unpaired) electrons. The van der Waals surface area contributed by atoms with Crippen LogP contribution >= 0.6 is 11.8 Å². The molecular formula is C21H23NO3S. The highest BCUT2D eigenvalue weighted by molar-refractivity contribution is 8.01. The third kappa shape index (κ3) is 3.28. The number of amides is 1. The number of nitrogens with one attached hydrogen (secondary N) is 1. The number of hydrogen-bond donors (Lipinski definition) is 1. The monoisotopic (exact) mass is 369 g/mol. The van der Waals surface area contributed by atoms with E-state index < -0.39 is 0 Å². The molecule has 0 aliphatic heterocycles. The predicted molar refractivity (Wildman–Crippen MR) is 108 cm³/mol. The normalized spacial score (nSPS) is 16.2. The summed E-state index contributed by atoms with van der Waals surface area (Å²) in [4.78, 5) is 12.7. The molecule has 1 amide bonds. The molecule has 1 heterocycles. The van der Waals surface area contributed by atoms with Gasteiger partial charge in [0.25, 0.3) is 0 Å². The Morgan fingerprint density at radius 1 is 1.19 bits per heavy atom. The maximum absolute atomic E-state index is 12.7. The lowest BCUT2D eigenvalue weighted by molar-refractivity contribution is -0.115. The smallest absolute Gasteiger partial charge is 0.237 e. The number of carbonyl (C=O) groups is 1. The van der Waals surface area contributed by atoms with E-state index in [-0.39, 0.29) is 11.2 Å². The summed E-state index contributed by atoms with van der Waals surface area (Å²) in [6, 6.07) is 11.7. The highest BCUT2D eigenvalue weighted by atomic mass is 32.2. The van der Waals surface area contributed by atoms with Crippen molar-refractivity contribution in [3.8, 4) is 5.75 Å². The molecule has 0 saturated heterocycles. The fourth-order valence-corrected chi connectivity index (χ4v) is 4.99. The van der Waals surface area contributed by atoms with E-state index in [4.69, 9.17) is 9.15 Å². The molecule has 1 atom stereocenters. The Morgan fingerprint density at radius 2 is 1.96 bits per heavy atom. The summed E-state index contributed by atoms with van der Waals surface area (Å²) in [6.45, 7) is 1.98. The quantitative estimate of drug-likeness (QED) is 0.636. The number of rotatable bonds is 5. The van der Waals surface area contributed by atoms with Gasteiger partial charge in [-0.05, 0) is 31.9 Å². The number of benzene rings is 2. The average Bonchev–Trinajstić information content (AvgIpc) is 3.27. The van der Waals surface area contributed by atoms with Gasteiger partial charge in [-0.2, -0.15) is 0 Å². The van der Waals surface area contributed by atoms with E-state index in [9.17, 15) is 4.79 Å². The van der Waals surface area contributed by atoms with Gasteiger partial charge in [0.15, 0.2) is 0 Å². The molecule has 26 heavy (non-hydrogen) atoms. The fraction of sp³-hybridized carbons (Fsp3) is 0.381. The van der Waals surface area contributed by atoms with Crippen molar-refractivity contribution in [3.05, 3.63) is 36.4 Å². The van der Waals surface area contributed by atoms with Crippen molar-refractivity contribution in [1.29, 1.82) is 0 Å². The Hall–Kier alpha value is -2.14. The van der Waals surface area contributed by atoms with E-state index in [0.29, 0.717) is 16.7 Å². The van der Waals surface area contributed by atoms with Gasteiger partial charge in [0.05, 0.1) is 18.0 Å². The number of methoxy groups -OCH3 is 1. The third-order valence-electron chi connectivity index (χ3n) is 5.02. The van der Waals surface area contributed by atoms with Gasteiger partial charge >= 0.3 is 0 Å².